The molecule has 2 aromatic heterocycles. The number of hydrogen-bond donors (Lipinski definition) is 0. The Hall–Kier alpha value is -1.16. The van der Waals surface area contributed by atoms with E-state index in [2.05, 4.69) is 10.1 Å². The number of nitrogens with zero attached hydrogens (tertiary/aromatic N) is 3. The number of aromatic nitrogens is 3. The maximum Gasteiger partial charge on any atom is 0.210 e. The normalized spacial score (nSPS) is 8.62. The van der Waals surface area contributed by atoms with Crippen molar-refractivity contribution in [3.63, 3.8) is 0 Å². The van der Waals surface area contributed by atoms with Gasteiger partial charge in [-0.15, -0.1) is 11.3 Å². The van der Waals surface area contributed by atoms with Crippen molar-refractivity contribution in [2.45, 2.75) is 41.5 Å². The Balaban J connectivity index is 0.000000509. The van der Waals surface area contributed by atoms with Crippen LogP contribution in [0, 0.1) is 13.8 Å². The van der Waals surface area contributed by atoms with Gasteiger partial charge in [0.2, 0.25) is 5.13 Å². The molecular weight excluding hydrogens is 218 g/mol. The van der Waals surface area contributed by atoms with Crippen molar-refractivity contribution in [3.8, 4) is 5.13 Å². The minimum atomic E-state index is 0.931. The van der Waals surface area contributed by atoms with Gasteiger partial charge in [0, 0.05) is 11.6 Å². The lowest BCUT2D eigenvalue weighted by molar-refractivity contribution is 0.865. The van der Waals surface area contributed by atoms with Crippen molar-refractivity contribution in [3.05, 3.63) is 29.0 Å². The number of hydrogen-bond acceptors (Lipinski definition) is 3. The molecule has 0 fully saturated rings. The van der Waals surface area contributed by atoms with Gasteiger partial charge in [-0.25, -0.2) is 9.67 Å². The standard InChI is InChI=1S/C8H9N3S.2C2H6/c1-6-3-9-11(4-6)8-10-7(2)5-12-8;2*1-2/h3-5H,1-2H3;2*1-2H3. The van der Waals surface area contributed by atoms with Crippen molar-refractivity contribution < 1.29 is 0 Å². The summed E-state index contributed by atoms with van der Waals surface area (Å²) in [5.74, 6) is 0. The van der Waals surface area contributed by atoms with Gasteiger partial charge in [-0.05, 0) is 19.4 Å². The van der Waals surface area contributed by atoms with E-state index in [1.54, 1.807) is 16.0 Å². The Kier molecular flexibility index (Phi) is 7.46. The summed E-state index contributed by atoms with van der Waals surface area (Å²) >= 11 is 1.61. The predicted molar refractivity (Wildman–Crippen MR) is 71.4 cm³/mol. The summed E-state index contributed by atoms with van der Waals surface area (Å²) in [7, 11) is 0. The largest absolute Gasteiger partial charge is 0.224 e. The van der Waals surface area contributed by atoms with Gasteiger partial charge in [-0.3, -0.25) is 0 Å². The van der Waals surface area contributed by atoms with Crippen LogP contribution in [0.3, 0.4) is 0 Å². The summed E-state index contributed by atoms with van der Waals surface area (Å²) in [6.45, 7) is 12.0. The molecule has 2 heterocycles. The molecule has 0 saturated heterocycles. The minimum absolute atomic E-state index is 0.931. The fraction of sp³-hybridized carbons (Fsp3) is 0.500. The van der Waals surface area contributed by atoms with Gasteiger partial charge in [0.1, 0.15) is 0 Å². The molecule has 3 nitrogen and oxygen atoms in total. The van der Waals surface area contributed by atoms with E-state index in [0.717, 1.165) is 16.4 Å². The first-order valence-electron chi connectivity index (χ1n) is 5.69. The molecule has 2 aromatic rings. The average Bonchev–Trinajstić information content (AvgIpc) is 2.93. The molecule has 0 radical (unpaired) electrons. The molecule has 0 spiro atoms. The van der Waals surface area contributed by atoms with Gasteiger partial charge in [0.25, 0.3) is 0 Å². The summed E-state index contributed by atoms with van der Waals surface area (Å²) in [6.07, 6.45) is 3.80. The quantitative estimate of drug-likeness (QED) is 0.753. The van der Waals surface area contributed by atoms with E-state index in [1.165, 1.54) is 0 Å². The predicted octanol–water partition coefficient (Wildman–Crippen LogP) is 4.00. The van der Waals surface area contributed by atoms with Crippen LogP contribution >= 0.6 is 11.3 Å². The van der Waals surface area contributed by atoms with E-state index < -0.39 is 0 Å². The fourth-order valence-electron chi connectivity index (χ4n) is 0.964. The molecule has 0 bridgehead atoms. The number of thiazole rings is 1. The number of aryl methyl sites for hydroxylation is 2. The molecule has 0 aromatic carbocycles. The highest BCUT2D eigenvalue weighted by molar-refractivity contribution is 7.12. The van der Waals surface area contributed by atoms with Crippen LogP contribution in [0.1, 0.15) is 39.0 Å². The van der Waals surface area contributed by atoms with E-state index in [4.69, 9.17) is 0 Å². The third-order valence-corrected chi connectivity index (χ3v) is 2.46. The summed E-state index contributed by atoms with van der Waals surface area (Å²) < 4.78 is 1.80. The third-order valence-electron chi connectivity index (χ3n) is 1.51. The topological polar surface area (TPSA) is 30.7 Å². The smallest absolute Gasteiger partial charge is 0.210 e. The van der Waals surface area contributed by atoms with Gasteiger partial charge in [-0.2, -0.15) is 5.10 Å². The second-order valence-corrected chi connectivity index (χ2v) is 3.57. The van der Waals surface area contributed by atoms with Crippen LogP contribution in [0.2, 0.25) is 0 Å². The Morgan fingerprint density at radius 3 is 2.12 bits per heavy atom. The fourth-order valence-corrected chi connectivity index (χ4v) is 1.70. The van der Waals surface area contributed by atoms with Crippen LogP contribution in [-0.2, 0) is 0 Å². The van der Waals surface area contributed by atoms with Gasteiger partial charge in [0.15, 0.2) is 0 Å². The van der Waals surface area contributed by atoms with Crippen LogP contribution in [0.25, 0.3) is 5.13 Å². The van der Waals surface area contributed by atoms with Crippen LogP contribution in [0.4, 0.5) is 0 Å². The van der Waals surface area contributed by atoms with E-state index in [9.17, 15) is 0 Å². The molecule has 0 saturated carbocycles. The molecule has 0 aliphatic rings. The first-order valence-corrected chi connectivity index (χ1v) is 6.57. The monoisotopic (exact) mass is 239 g/mol. The lowest BCUT2D eigenvalue weighted by atomic mass is 10.4. The Labute approximate surface area is 102 Å². The van der Waals surface area contributed by atoms with Crippen LogP contribution in [-0.4, -0.2) is 14.8 Å². The molecule has 16 heavy (non-hydrogen) atoms. The Morgan fingerprint density at radius 1 is 1.12 bits per heavy atom. The number of rotatable bonds is 1. The molecule has 90 valence electrons. The lowest BCUT2D eigenvalue weighted by Gasteiger charge is -1.91. The van der Waals surface area contributed by atoms with E-state index >= 15 is 0 Å². The summed E-state index contributed by atoms with van der Waals surface area (Å²) in [5.41, 5.74) is 2.20. The molecule has 0 aliphatic carbocycles. The zero-order valence-corrected chi connectivity index (χ0v) is 11.8. The highest BCUT2D eigenvalue weighted by Gasteiger charge is 2.01. The maximum absolute atomic E-state index is 4.31. The first-order chi connectivity index (χ1) is 7.75. The first kappa shape index (κ1) is 14.8. The Morgan fingerprint density at radius 2 is 1.75 bits per heavy atom. The van der Waals surface area contributed by atoms with Gasteiger partial charge in [-0.1, -0.05) is 27.7 Å². The van der Waals surface area contributed by atoms with Crippen molar-refractivity contribution in [1.29, 1.82) is 0 Å². The zero-order chi connectivity index (χ0) is 12.6. The second-order valence-electron chi connectivity index (χ2n) is 2.73. The van der Waals surface area contributed by atoms with Crippen molar-refractivity contribution in [2.24, 2.45) is 0 Å². The summed E-state index contributed by atoms with van der Waals surface area (Å²) in [4.78, 5) is 4.31. The molecular formula is C12H21N3S. The zero-order valence-electron chi connectivity index (χ0n) is 11.0. The highest BCUT2D eigenvalue weighted by Crippen LogP contribution is 2.13. The molecule has 0 atom stereocenters. The van der Waals surface area contributed by atoms with Gasteiger partial charge >= 0.3 is 0 Å². The van der Waals surface area contributed by atoms with Crippen LogP contribution < -0.4 is 0 Å². The molecule has 0 aliphatic heterocycles. The molecule has 0 N–H and O–H groups in total. The van der Waals surface area contributed by atoms with E-state index in [1.807, 2.05) is 59.3 Å². The summed E-state index contributed by atoms with van der Waals surface area (Å²) in [6, 6.07) is 0. The van der Waals surface area contributed by atoms with E-state index in [0.29, 0.717) is 0 Å². The van der Waals surface area contributed by atoms with E-state index in [-0.39, 0.29) is 0 Å². The minimum Gasteiger partial charge on any atom is -0.224 e. The molecule has 0 unspecified atom stereocenters. The van der Waals surface area contributed by atoms with Crippen molar-refractivity contribution in [1.82, 2.24) is 14.8 Å². The Bertz CT molecular complexity index is 352. The van der Waals surface area contributed by atoms with Crippen molar-refractivity contribution >= 4 is 11.3 Å². The lowest BCUT2D eigenvalue weighted by Crippen LogP contribution is -1.92. The maximum atomic E-state index is 4.31. The highest BCUT2D eigenvalue weighted by atomic mass is 32.1. The molecule has 2 rings (SSSR count). The SMILES string of the molecule is CC.CC.Cc1cnn(-c2nc(C)cs2)c1. The molecule has 0 amide bonds. The average molecular weight is 239 g/mol. The van der Waals surface area contributed by atoms with Gasteiger partial charge in [0.05, 0.1) is 11.9 Å². The summed E-state index contributed by atoms with van der Waals surface area (Å²) in [5, 5.41) is 7.12. The van der Waals surface area contributed by atoms with Crippen LogP contribution in [0.5, 0.6) is 0 Å². The third kappa shape index (κ3) is 4.14. The van der Waals surface area contributed by atoms with Gasteiger partial charge < -0.3 is 0 Å². The van der Waals surface area contributed by atoms with Crippen LogP contribution in [0.15, 0.2) is 17.8 Å². The molecule has 4 heteroatoms. The second kappa shape index (κ2) is 8.05. The van der Waals surface area contributed by atoms with Crippen molar-refractivity contribution in [2.75, 3.05) is 0 Å².